The zero-order valence-corrected chi connectivity index (χ0v) is 18.6. The Morgan fingerprint density at radius 2 is 1.77 bits per heavy atom. The van der Waals surface area contributed by atoms with E-state index in [0.29, 0.717) is 24.9 Å². The molecule has 0 saturated heterocycles. The van der Waals surface area contributed by atoms with Crippen LogP contribution in [0, 0.1) is 13.8 Å². The second-order valence-corrected chi connectivity index (χ2v) is 8.94. The average Bonchev–Trinajstić information content (AvgIpc) is 2.69. The zero-order chi connectivity index (χ0) is 21.9. The van der Waals surface area contributed by atoms with E-state index in [1.165, 1.54) is 28.5 Å². The van der Waals surface area contributed by atoms with Crippen LogP contribution in [-0.2, 0) is 23.2 Å². The largest absolute Gasteiger partial charge is 0.356 e. The van der Waals surface area contributed by atoms with Crippen LogP contribution in [0.25, 0.3) is 10.9 Å². The molecule has 1 aromatic heterocycles. The molecule has 0 aliphatic rings. The molecule has 1 heterocycles. The van der Waals surface area contributed by atoms with Crippen LogP contribution in [0.3, 0.4) is 0 Å². The number of carbonyl (C=O) groups excluding carboxylic acids is 1. The molecule has 0 aliphatic heterocycles. The van der Waals surface area contributed by atoms with Crippen molar-refractivity contribution < 1.29 is 4.79 Å². The van der Waals surface area contributed by atoms with Gasteiger partial charge in [0.25, 0.3) is 0 Å². The number of aromatic nitrogens is 2. The van der Waals surface area contributed by atoms with E-state index in [1.54, 1.807) is 10.7 Å². The van der Waals surface area contributed by atoms with Crippen molar-refractivity contribution in [2.45, 2.75) is 59.4 Å². The number of nitrogens with zero attached hydrogens (tertiary/aromatic N) is 2. The van der Waals surface area contributed by atoms with Gasteiger partial charge in [0.2, 0.25) is 11.3 Å². The van der Waals surface area contributed by atoms with Gasteiger partial charge in [-0.05, 0) is 60.1 Å². The van der Waals surface area contributed by atoms with Gasteiger partial charge in [0.15, 0.2) is 0 Å². The summed E-state index contributed by atoms with van der Waals surface area (Å²) in [5.41, 5.74) is 5.97. The van der Waals surface area contributed by atoms with E-state index >= 15 is 0 Å². The lowest BCUT2D eigenvalue weighted by Gasteiger charge is -2.22. The maximum atomic E-state index is 12.4. The SMILES string of the molecule is Cc1cc(C(C)(C)C)cc(C)c1CCNC(=O)CCn1ncc(=O)c2ccccc21. The van der Waals surface area contributed by atoms with Crippen LogP contribution in [0.2, 0.25) is 0 Å². The van der Waals surface area contributed by atoms with E-state index in [9.17, 15) is 9.59 Å². The van der Waals surface area contributed by atoms with E-state index in [2.05, 4.69) is 57.2 Å². The van der Waals surface area contributed by atoms with Crippen LogP contribution in [0.15, 0.2) is 47.4 Å². The molecule has 0 unspecified atom stereocenters. The summed E-state index contributed by atoms with van der Waals surface area (Å²) in [6.45, 7) is 12.0. The fourth-order valence-corrected chi connectivity index (χ4v) is 3.78. The summed E-state index contributed by atoms with van der Waals surface area (Å²) in [6.07, 6.45) is 2.45. The first-order chi connectivity index (χ1) is 14.2. The average molecular weight is 406 g/mol. The summed E-state index contributed by atoms with van der Waals surface area (Å²) in [5, 5.41) is 7.82. The molecule has 0 spiro atoms. The summed E-state index contributed by atoms with van der Waals surface area (Å²) in [5.74, 6) is -0.0128. The van der Waals surface area contributed by atoms with Crippen molar-refractivity contribution in [3.8, 4) is 0 Å². The molecule has 1 amide bonds. The third kappa shape index (κ3) is 4.96. The lowest BCUT2D eigenvalue weighted by atomic mass is 9.83. The van der Waals surface area contributed by atoms with E-state index in [4.69, 9.17) is 0 Å². The van der Waals surface area contributed by atoms with Crippen LogP contribution in [-0.4, -0.2) is 22.2 Å². The number of hydrogen-bond donors (Lipinski definition) is 1. The number of hydrogen-bond acceptors (Lipinski definition) is 3. The summed E-state index contributed by atoms with van der Waals surface area (Å²) in [7, 11) is 0. The number of para-hydroxylation sites is 1. The van der Waals surface area contributed by atoms with Crippen molar-refractivity contribution in [3.05, 3.63) is 75.1 Å². The van der Waals surface area contributed by atoms with Gasteiger partial charge in [-0.25, -0.2) is 0 Å². The molecule has 3 rings (SSSR count). The molecule has 158 valence electrons. The Morgan fingerprint density at radius 3 is 2.43 bits per heavy atom. The Bertz CT molecular complexity index is 1100. The van der Waals surface area contributed by atoms with Crippen LogP contribution >= 0.6 is 0 Å². The summed E-state index contributed by atoms with van der Waals surface area (Å²) in [4.78, 5) is 24.3. The molecule has 2 aromatic carbocycles. The topological polar surface area (TPSA) is 64.0 Å². The summed E-state index contributed by atoms with van der Waals surface area (Å²) >= 11 is 0. The first kappa shape index (κ1) is 21.8. The second-order valence-electron chi connectivity index (χ2n) is 8.94. The number of rotatable bonds is 6. The zero-order valence-electron chi connectivity index (χ0n) is 18.6. The highest BCUT2D eigenvalue weighted by atomic mass is 16.1. The Balaban J connectivity index is 1.58. The van der Waals surface area contributed by atoms with Crippen LogP contribution in [0.4, 0.5) is 0 Å². The molecule has 5 nitrogen and oxygen atoms in total. The van der Waals surface area contributed by atoms with Crippen molar-refractivity contribution in [3.63, 3.8) is 0 Å². The predicted octanol–water partition coefficient (Wildman–Crippen LogP) is 4.06. The monoisotopic (exact) mass is 405 g/mol. The highest BCUT2D eigenvalue weighted by molar-refractivity contribution is 5.79. The lowest BCUT2D eigenvalue weighted by molar-refractivity contribution is -0.121. The van der Waals surface area contributed by atoms with Crippen molar-refractivity contribution >= 4 is 16.8 Å². The number of fused-ring (bicyclic) bond motifs is 1. The van der Waals surface area contributed by atoms with Gasteiger partial charge >= 0.3 is 0 Å². The van der Waals surface area contributed by atoms with Gasteiger partial charge in [-0.15, -0.1) is 0 Å². The van der Waals surface area contributed by atoms with Crippen LogP contribution in [0.1, 0.15) is 49.4 Å². The standard InChI is InChI=1S/C25H31N3O2/c1-17-14-19(25(3,4)5)15-18(2)20(17)10-12-26-24(30)11-13-28-22-9-7-6-8-21(22)23(29)16-27-28/h6-9,14-16H,10-13H2,1-5H3,(H,26,30). The Labute approximate surface area is 178 Å². The van der Waals surface area contributed by atoms with Crippen molar-refractivity contribution in [2.75, 3.05) is 6.54 Å². The van der Waals surface area contributed by atoms with Gasteiger partial charge in [0.1, 0.15) is 0 Å². The van der Waals surface area contributed by atoms with Crippen molar-refractivity contribution in [1.29, 1.82) is 0 Å². The molecular weight excluding hydrogens is 374 g/mol. The first-order valence-corrected chi connectivity index (χ1v) is 10.5. The van der Waals surface area contributed by atoms with Gasteiger partial charge < -0.3 is 5.32 Å². The summed E-state index contributed by atoms with van der Waals surface area (Å²) < 4.78 is 1.72. The van der Waals surface area contributed by atoms with E-state index in [0.717, 1.165) is 11.9 Å². The van der Waals surface area contributed by atoms with Crippen molar-refractivity contribution in [2.24, 2.45) is 0 Å². The highest BCUT2D eigenvalue weighted by Gasteiger charge is 2.16. The van der Waals surface area contributed by atoms with Gasteiger partial charge in [-0.1, -0.05) is 45.0 Å². The molecule has 0 atom stereocenters. The fourth-order valence-electron chi connectivity index (χ4n) is 3.78. The molecule has 0 radical (unpaired) electrons. The van der Waals surface area contributed by atoms with Gasteiger partial charge in [-0.2, -0.15) is 5.10 Å². The molecule has 0 aliphatic carbocycles. The maximum absolute atomic E-state index is 12.4. The minimum atomic E-state index is -0.102. The fraction of sp³-hybridized carbons (Fsp3) is 0.400. The van der Waals surface area contributed by atoms with Crippen LogP contribution in [0.5, 0.6) is 0 Å². The molecule has 3 aromatic rings. The normalized spacial score (nSPS) is 11.6. The third-order valence-corrected chi connectivity index (χ3v) is 5.57. The highest BCUT2D eigenvalue weighted by Crippen LogP contribution is 2.27. The van der Waals surface area contributed by atoms with Crippen LogP contribution < -0.4 is 10.7 Å². The predicted molar refractivity (Wildman–Crippen MR) is 122 cm³/mol. The molecular formula is C25H31N3O2. The number of benzene rings is 2. The van der Waals surface area contributed by atoms with Gasteiger partial charge in [0.05, 0.1) is 18.3 Å². The minimum Gasteiger partial charge on any atom is -0.356 e. The number of carbonyl (C=O) groups is 1. The molecule has 1 N–H and O–H groups in total. The molecule has 5 heteroatoms. The smallest absolute Gasteiger partial charge is 0.221 e. The summed E-state index contributed by atoms with van der Waals surface area (Å²) in [6, 6.07) is 11.9. The quantitative estimate of drug-likeness (QED) is 0.673. The third-order valence-electron chi connectivity index (χ3n) is 5.57. The van der Waals surface area contributed by atoms with E-state index in [1.807, 2.05) is 18.2 Å². The maximum Gasteiger partial charge on any atom is 0.221 e. The lowest BCUT2D eigenvalue weighted by Crippen LogP contribution is -2.27. The number of amides is 1. The molecule has 0 saturated carbocycles. The number of aryl methyl sites for hydroxylation is 3. The van der Waals surface area contributed by atoms with Gasteiger partial charge in [0, 0.05) is 18.4 Å². The minimum absolute atomic E-state index is 0.0128. The Kier molecular flexibility index (Phi) is 6.40. The molecule has 0 bridgehead atoms. The van der Waals surface area contributed by atoms with E-state index < -0.39 is 0 Å². The van der Waals surface area contributed by atoms with E-state index in [-0.39, 0.29) is 16.8 Å². The molecule has 30 heavy (non-hydrogen) atoms. The Hall–Kier alpha value is -2.95. The molecule has 0 fully saturated rings. The Morgan fingerprint density at radius 1 is 1.10 bits per heavy atom. The second kappa shape index (κ2) is 8.82. The van der Waals surface area contributed by atoms with Crippen molar-refractivity contribution in [1.82, 2.24) is 15.1 Å². The first-order valence-electron chi connectivity index (χ1n) is 10.5. The van der Waals surface area contributed by atoms with Gasteiger partial charge in [-0.3, -0.25) is 14.3 Å². The number of nitrogens with one attached hydrogen (secondary N) is 1.